The van der Waals surface area contributed by atoms with Crippen molar-refractivity contribution in [1.29, 1.82) is 0 Å². The number of hydrogen-bond donors (Lipinski definition) is 0. The second kappa shape index (κ2) is 13.5. The third-order valence-corrected chi connectivity index (χ3v) is 8.46. The lowest BCUT2D eigenvalue weighted by atomic mass is 9.97. The molecular formula is C45H34N2. The van der Waals surface area contributed by atoms with Gasteiger partial charge in [-0.05, 0) is 57.2 Å². The van der Waals surface area contributed by atoms with Crippen molar-refractivity contribution >= 4 is 16.3 Å². The minimum absolute atomic E-state index is 0.694. The summed E-state index contributed by atoms with van der Waals surface area (Å²) < 4.78 is 0. The SMILES string of the molecule is C=C/C(=C\C=C/C)c1ccc(-c2cc(-c3ccc(-c4cccc5ccccc45)cc3)nc(-c3ccc(-c4ccccc4)cc3)n2)cc1. The van der Waals surface area contributed by atoms with Gasteiger partial charge in [-0.15, -0.1) is 0 Å². The standard InChI is InChI=1S/C45H34N2/c1-3-5-12-32(4-2)34-19-25-38(26-20-34)43-31-44(47-45(46-43)40-29-21-35(22-30-40)33-13-7-6-8-14-33)39-27-23-37(24-28-39)42-18-11-16-36-15-9-10-17-41(36)42/h3-31H,2H2,1H3/b5-3-,32-12+. The molecule has 0 aliphatic rings. The van der Waals surface area contributed by atoms with Gasteiger partial charge in [0.2, 0.25) is 0 Å². The molecule has 0 fully saturated rings. The molecule has 0 unspecified atom stereocenters. The minimum Gasteiger partial charge on any atom is -0.228 e. The fraction of sp³-hybridized carbons (Fsp3) is 0.0222. The molecule has 0 radical (unpaired) electrons. The van der Waals surface area contributed by atoms with E-state index in [2.05, 4.69) is 158 Å². The zero-order valence-electron chi connectivity index (χ0n) is 26.3. The van der Waals surface area contributed by atoms with E-state index in [1.807, 2.05) is 31.2 Å². The molecule has 0 saturated heterocycles. The summed E-state index contributed by atoms with van der Waals surface area (Å²) in [6.45, 7) is 6.02. The topological polar surface area (TPSA) is 25.8 Å². The maximum Gasteiger partial charge on any atom is 0.160 e. The van der Waals surface area contributed by atoms with Crippen LogP contribution in [0.4, 0.5) is 0 Å². The zero-order valence-corrected chi connectivity index (χ0v) is 26.3. The Morgan fingerprint density at radius 1 is 0.532 bits per heavy atom. The van der Waals surface area contributed by atoms with Crippen LogP contribution in [0.25, 0.3) is 72.5 Å². The van der Waals surface area contributed by atoms with Crippen molar-refractivity contribution in [2.45, 2.75) is 6.92 Å². The van der Waals surface area contributed by atoms with Gasteiger partial charge in [0.15, 0.2) is 5.82 Å². The lowest BCUT2D eigenvalue weighted by molar-refractivity contribution is 1.18. The first-order chi connectivity index (χ1) is 23.2. The van der Waals surface area contributed by atoms with Crippen molar-refractivity contribution in [3.63, 3.8) is 0 Å². The van der Waals surface area contributed by atoms with E-state index in [9.17, 15) is 0 Å². The summed E-state index contributed by atoms with van der Waals surface area (Å²) >= 11 is 0. The lowest BCUT2D eigenvalue weighted by Gasteiger charge is -2.12. The number of nitrogens with zero attached hydrogens (tertiary/aromatic N) is 2. The average molecular weight is 603 g/mol. The van der Waals surface area contributed by atoms with Crippen LogP contribution in [0.1, 0.15) is 12.5 Å². The van der Waals surface area contributed by atoms with Crippen molar-refractivity contribution in [2.75, 3.05) is 0 Å². The van der Waals surface area contributed by atoms with E-state index in [4.69, 9.17) is 9.97 Å². The Morgan fingerprint density at radius 2 is 1.09 bits per heavy atom. The average Bonchev–Trinajstić information content (AvgIpc) is 3.15. The molecule has 0 N–H and O–H groups in total. The zero-order chi connectivity index (χ0) is 32.0. The predicted octanol–water partition coefficient (Wildman–Crippen LogP) is 12.1. The molecule has 0 amide bonds. The molecule has 2 nitrogen and oxygen atoms in total. The van der Waals surface area contributed by atoms with Gasteiger partial charge in [-0.2, -0.15) is 0 Å². The molecule has 0 spiro atoms. The number of allylic oxidation sites excluding steroid dienone is 5. The van der Waals surface area contributed by atoms with Gasteiger partial charge in [0.1, 0.15) is 0 Å². The fourth-order valence-corrected chi connectivity index (χ4v) is 5.93. The Bertz CT molecular complexity index is 2220. The molecule has 224 valence electrons. The summed E-state index contributed by atoms with van der Waals surface area (Å²) in [5.41, 5.74) is 11.7. The molecule has 7 rings (SSSR count). The maximum atomic E-state index is 5.11. The molecule has 0 aliphatic carbocycles. The first-order valence-corrected chi connectivity index (χ1v) is 15.9. The Labute approximate surface area is 276 Å². The van der Waals surface area contributed by atoms with E-state index in [0.717, 1.165) is 44.8 Å². The van der Waals surface area contributed by atoms with E-state index >= 15 is 0 Å². The van der Waals surface area contributed by atoms with Gasteiger partial charge in [0.25, 0.3) is 0 Å². The molecule has 2 heteroatoms. The number of benzene rings is 6. The van der Waals surface area contributed by atoms with Gasteiger partial charge in [-0.25, -0.2) is 9.97 Å². The van der Waals surface area contributed by atoms with Gasteiger partial charge in [0, 0.05) is 16.7 Å². The van der Waals surface area contributed by atoms with Crippen LogP contribution in [-0.2, 0) is 0 Å². The fourth-order valence-electron chi connectivity index (χ4n) is 5.93. The van der Waals surface area contributed by atoms with E-state index in [0.29, 0.717) is 5.82 Å². The Kier molecular flexibility index (Phi) is 8.48. The highest BCUT2D eigenvalue weighted by molar-refractivity contribution is 5.96. The second-order valence-corrected chi connectivity index (χ2v) is 11.4. The van der Waals surface area contributed by atoms with Crippen LogP contribution in [0.2, 0.25) is 0 Å². The molecule has 1 heterocycles. The van der Waals surface area contributed by atoms with Crippen molar-refractivity contribution < 1.29 is 0 Å². The summed E-state index contributed by atoms with van der Waals surface area (Å²) in [5, 5.41) is 2.48. The van der Waals surface area contributed by atoms with Crippen molar-refractivity contribution in [3.05, 3.63) is 188 Å². The molecular weight excluding hydrogens is 569 g/mol. The third-order valence-electron chi connectivity index (χ3n) is 8.46. The van der Waals surface area contributed by atoms with E-state index in [1.54, 1.807) is 0 Å². The van der Waals surface area contributed by atoms with Crippen LogP contribution in [-0.4, -0.2) is 9.97 Å². The molecule has 0 bridgehead atoms. The number of hydrogen-bond acceptors (Lipinski definition) is 2. The summed E-state index contributed by atoms with van der Waals surface area (Å²) in [4.78, 5) is 10.2. The molecule has 6 aromatic carbocycles. The molecule has 0 saturated carbocycles. The Morgan fingerprint density at radius 3 is 1.77 bits per heavy atom. The van der Waals surface area contributed by atoms with Crippen LogP contribution < -0.4 is 0 Å². The number of aromatic nitrogens is 2. The van der Waals surface area contributed by atoms with E-state index < -0.39 is 0 Å². The maximum absolute atomic E-state index is 5.11. The largest absolute Gasteiger partial charge is 0.228 e. The lowest BCUT2D eigenvalue weighted by Crippen LogP contribution is -1.96. The number of rotatable bonds is 8. The summed E-state index contributed by atoms with van der Waals surface area (Å²) in [6.07, 6.45) is 8.01. The Balaban J connectivity index is 1.29. The van der Waals surface area contributed by atoms with Gasteiger partial charge in [-0.1, -0.05) is 176 Å². The van der Waals surface area contributed by atoms with Gasteiger partial charge in [-0.3, -0.25) is 0 Å². The van der Waals surface area contributed by atoms with Crippen LogP contribution in [0.5, 0.6) is 0 Å². The van der Waals surface area contributed by atoms with Crippen LogP contribution in [0.3, 0.4) is 0 Å². The molecule has 47 heavy (non-hydrogen) atoms. The van der Waals surface area contributed by atoms with Gasteiger partial charge >= 0.3 is 0 Å². The monoisotopic (exact) mass is 602 g/mol. The van der Waals surface area contributed by atoms with Crippen molar-refractivity contribution in [1.82, 2.24) is 9.97 Å². The summed E-state index contributed by atoms with van der Waals surface area (Å²) in [6, 6.07) is 53.2. The highest BCUT2D eigenvalue weighted by Crippen LogP contribution is 2.33. The first kappa shape index (κ1) is 29.6. The molecule has 0 atom stereocenters. The normalized spacial score (nSPS) is 11.6. The van der Waals surface area contributed by atoms with Crippen molar-refractivity contribution in [2.24, 2.45) is 0 Å². The van der Waals surface area contributed by atoms with E-state index in [1.165, 1.54) is 27.5 Å². The van der Waals surface area contributed by atoms with Gasteiger partial charge in [0.05, 0.1) is 11.4 Å². The Hall–Kier alpha value is -6.12. The van der Waals surface area contributed by atoms with Crippen LogP contribution in [0, 0.1) is 0 Å². The molecule has 0 aliphatic heterocycles. The third kappa shape index (κ3) is 6.36. The van der Waals surface area contributed by atoms with Crippen LogP contribution in [0.15, 0.2) is 183 Å². The first-order valence-electron chi connectivity index (χ1n) is 15.9. The summed E-state index contributed by atoms with van der Waals surface area (Å²) in [7, 11) is 0. The minimum atomic E-state index is 0.694. The van der Waals surface area contributed by atoms with Gasteiger partial charge < -0.3 is 0 Å². The molecule has 7 aromatic rings. The smallest absolute Gasteiger partial charge is 0.160 e. The number of fused-ring (bicyclic) bond motifs is 1. The van der Waals surface area contributed by atoms with E-state index in [-0.39, 0.29) is 0 Å². The quantitative estimate of drug-likeness (QED) is 0.162. The predicted molar refractivity (Wildman–Crippen MR) is 200 cm³/mol. The second-order valence-electron chi connectivity index (χ2n) is 11.4. The highest BCUT2D eigenvalue weighted by atomic mass is 14.9. The summed E-state index contributed by atoms with van der Waals surface area (Å²) in [5.74, 6) is 0.694. The van der Waals surface area contributed by atoms with Crippen LogP contribution >= 0.6 is 0 Å². The molecule has 1 aromatic heterocycles. The highest BCUT2D eigenvalue weighted by Gasteiger charge is 2.12. The van der Waals surface area contributed by atoms with Crippen molar-refractivity contribution in [3.8, 4) is 56.2 Å².